The Morgan fingerprint density at radius 1 is 1.00 bits per heavy atom. The lowest BCUT2D eigenvalue weighted by molar-refractivity contribution is -0.112. The second-order valence-electron chi connectivity index (χ2n) is 6.36. The van der Waals surface area contributed by atoms with Crippen molar-refractivity contribution in [2.24, 2.45) is 0 Å². The van der Waals surface area contributed by atoms with E-state index >= 15 is 0 Å². The molecular weight excluding hydrogens is 386 g/mol. The van der Waals surface area contributed by atoms with Gasteiger partial charge in [-0.15, -0.1) is 0 Å². The number of amides is 2. The van der Waals surface area contributed by atoms with Crippen molar-refractivity contribution in [2.45, 2.75) is 0 Å². The number of nitriles is 1. The van der Waals surface area contributed by atoms with Crippen LogP contribution in [0.25, 0.3) is 6.08 Å². The predicted octanol–water partition coefficient (Wildman–Crippen LogP) is 2.96. The van der Waals surface area contributed by atoms with Gasteiger partial charge in [-0.3, -0.25) is 9.59 Å². The smallest absolute Gasteiger partial charge is 0.266 e. The lowest BCUT2D eigenvalue weighted by Crippen LogP contribution is -2.21. The Bertz CT molecular complexity index is 979. The topological polar surface area (TPSA) is 101 Å². The molecule has 0 saturated heterocycles. The number of anilines is 1. The van der Waals surface area contributed by atoms with E-state index in [1.165, 1.54) is 32.3 Å². The number of ether oxygens (including phenoxy) is 3. The van der Waals surface area contributed by atoms with E-state index in [0.29, 0.717) is 34.1 Å². The van der Waals surface area contributed by atoms with Crippen LogP contribution in [-0.4, -0.2) is 52.1 Å². The standard InChI is InChI=1S/C22H23N3O5/c1-25(2)22(27)15-6-8-17(9-7-15)24-21(26)16(13-23)10-14-11-18(28-3)20(30-5)19(12-14)29-4/h6-12H,1-5H3,(H,24,26)/b16-10+. The average Bonchev–Trinajstić information content (AvgIpc) is 2.76. The Balaban J connectivity index is 2.27. The molecule has 8 heteroatoms. The van der Waals surface area contributed by atoms with Gasteiger partial charge in [0, 0.05) is 25.3 Å². The molecule has 0 saturated carbocycles. The Kier molecular flexibility index (Phi) is 7.42. The van der Waals surface area contributed by atoms with Gasteiger partial charge in [0.15, 0.2) is 11.5 Å². The molecule has 0 aliphatic rings. The van der Waals surface area contributed by atoms with Crippen LogP contribution in [0.3, 0.4) is 0 Å². The summed E-state index contributed by atoms with van der Waals surface area (Å²) in [7, 11) is 7.76. The summed E-state index contributed by atoms with van der Waals surface area (Å²) in [4.78, 5) is 25.9. The molecule has 0 aliphatic carbocycles. The molecule has 0 spiro atoms. The molecule has 2 rings (SSSR count). The van der Waals surface area contributed by atoms with Crippen molar-refractivity contribution in [3.8, 4) is 23.3 Å². The van der Waals surface area contributed by atoms with Crippen LogP contribution in [0, 0.1) is 11.3 Å². The van der Waals surface area contributed by atoms with Crippen molar-refractivity contribution in [1.29, 1.82) is 5.26 Å². The first-order chi connectivity index (χ1) is 14.3. The first-order valence-electron chi connectivity index (χ1n) is 8.89. The number of hydrogen-bond donors (Lipinski definition) is 1. The summed E-state index contributed by atoms with van der Waals surface area (Å²) < 4.78 is 15.8. The molecule has 0 unspecified atom stereocenters. The van der Waals surface area contributed by atoms with Gasteiger partial charge in [0.1, 0.15) is 11.6 Å². The quantitative estimate of drug-likeness (QED) is 0.557. The predicted molar refractivity (Wildman–Crippen MR) is 113 cm³/mol. The van der Waals surface area contributed by atoms with Crippen LogP contribution in [0.5, 0.6) is 17.2 Å². The highest BCUT2D eigenvalue weighted by Gasteiger charge is 2.15. The monoisotopic (exact) mass is 409 g/mol. The van der Waals surface area contributed by atoms with Gasteiger partial charge in [0.25, 0.3) is 11.8 Å². The molecule has 1 N–H and O–H groups in total. The van der Waals surface area contributed by atoms with Crippen LogP contribution in [0.1, 0.15) is 15.9 Å². The second kappa shape index (κ2) is 9.98. The number of methoxy groups -OCH3 is 3. The Morgan fingerprint density at radius 3 is 2.00 bits per heavy atom. The van der Waals surface area contributed by atoms with E-state index in [2.05, 4.69) is 5.32 Å². The second-order valence-corrected chi connectivity index (χ2v) is 6.36. The van der Waals surface area contributed by atoms with Gasteiger partial charge < -0.3 is 24.4 Å². The van der Waals surface area contributed by atoms with Gasteiger partial charge in [-0.1, -0.05) is 0 Å². The van der Waals surface area contributed by atoms with E-state index in [4.69, 9.17) is 14.2 Å². The molecule has 0 aromatic heterocycles. The fourth-order valence-corrected chi connectivity index (χ4v) is 2.65. The summed E-state index contributed by atoms with van der Waals surface area (Å²) in [6.07, 6.45) is 1.42. The van der Waals surface area contributed by atoms with Crippen molar-refractivity contribution in [3.05, 3.63) is 53.1 Å². The van der Waals surface area contributed by atoms with Crippen LogP contribution >= 0.6 is 0 Å². The van der Waals surface area contributed by atoms with E-state index in [1.807, 2.05) is 6.07 Å². The summed E-state index contributed by atoms with van der Waals surface area (Å²) in [5, 5.41) is 12.1. The summed E-state index contributed by atoms with van der Waals surface area (Å²) in [6, 6.07) is 11.6. The van der Waals surface area contributed by atoms with Gasteiger partial charge in [-0.25, -0.2) is 0 Å². The Morgan fingerprint density at radius 2 is 1.57 bits per heavy atom. The van der Waals surface area contributed by atoms with E-state index in [1.54, 1.807) is 50.5 Å². The molecule has 8 nitrogen and oxygen atoms in total. The van der Waals surface area contributed by atoms with Crippen LogP contribution in [0.4, 0.5) is 5.69 Å². The highest BCUT2D eigenvalue weighted by molar-refractivity contribution is 6.09. The first kappa shape index (κ1) is 22.3. The number of carbonyl (C=O) groups is 2. The maximum absolute atomic E-state index is 12.5. The number of nitrogens with one attached hydrogen (secondary N) is 1. The molecule has 30 heavy (non-hydrogen) atoms. The van der Waals surface area contributed by atoms with Crippen LogP contribution in [-0.2, 0) is 4.79 Å². The molecular formula is C22H23N3O5. The van der Waals surface area contributed by atoms with Crippen LogP contribution < -0.4 is 19.5 Å². The van der Waals surface area contributed by atoms with Gasteiger partial charge >= 0.3 is 0 Å². The minimum Gasteiger partial charge on any atom is -0.493 e. The summed E-state index contributed by atoms with van der Waals surface area (Å²) >= 11 is 0. The number of nitrogens with zero attached hydrogens (tertiary/aromatic N) is 2. The lowest BCUT2D eigenvalue weighted by atomic mass is 10.1. The minimum absolute atomic E-state index is 0.113. The highest BCUT2D eigenvalue weighted by Crippen LogP contribution is 2.38. The normalized spacial score (nSPS) is 10.6. The van der Waals surface area contributed by atoms with Crippen molar-refractivity contribution in [1.82, 2.24) is 4.90 Å². The summed E-state index contributed by atoms with van der Waals surface area (Å²) in [5.41, 5.74) is 1.37. The van der Waals surface area contributed by atoms with E-state index in [9.17, 15) is 14.9 Å². The zero-order valence-corrected chi connectivity index (χ0v) is 17.5. The van der Waals surface area contributed by atoms with E-state index < -0.39 is 5.91 Å². The molecule has 2 aromatic carbocycles. The lowest BCUT2D eigenvalue weighted by Gasteiger charge is -2.13. The van der Waals surface area contributed by atoms with Crippen LogP contribution in [0.15, 0.2) is 42.0 Å². The Hall–Kier alpha value is -3.99. The molecule has 0 radical (unpaired) electrons. The highest BCUT2D eigenvalue weighted by atomic mass is 16.5. The van der Waals surface area contributed by atoms with Crippen molar-refractivity contribution < 1.29 is 23.8 Å². The third kappa shape index (κ3) is 5.08. The molecule has 0 heterocycles. The van der Waals surface area contributed by atoms with Crippen molar-refractivity contribution >= 4 is 23.6 Å². The summed E-state index contributed by atoms with van der Waals surface area (Å²) in [5.74, 6) is 0.488. The largest absolute Gasteiger partial charge is 0.493 e. The van der Waals surface area contributed by atoms with Crippen LogP contribution in [0.2, 0.25) is 0 Å². The molecule has 0 bridgehead atoms. The van der Waals surface area contributed by atoms with Crippen molar-refractivity contribution in [2.75, 3.05) is 40.7 Å². The zero-order valence-electron chi connectivity index (χ0n) is 17.5. The van der Waals surface area contributed by atoms with E-state index in [0.717, 1.165) is 0 Å². The molecule has 2 aromatic rings. The molecule has 0 atom stereocenters. The van der Waals surface area contributed by atoms with E-state index in [-0.39, 0.29) is 11.5 Å². The fourth-order valence-electron chi connectivity index (χ4n) is 2.65. The molecule has 0 aliphatic heterocycles. The number of rotatable bonds is 7. The van der Waals surface area contributed by atoms with Gasteiger partial charge in [0.05, 0.1) is 21.3 Å². The number of carbonyl (C=O) groups excluding carboxylic acids is 2. The first-order valence-corrected chi connectivity index (χ1v) is 8.89. The number of hydrogen-bond acceptors (Lipinski definition) is 6. The maximum Gasteiger partial charge on any atom is 0.266 e. The molecule has 156 valence electrons. The van der Waals surface area contributed by atoms with Gasteiger partial charge in [0.2, 0.25) is 5.75 Å². The van der Waals surface area contributed by atoms with Gasteiger partial charge in [-0.2, -0.15) is 5.26 Å². The zero-order chi connectivity index (χ0) is 22.3. The Labute approximate surface area is 175 Å². The fraction of sp³-hybridized carbons (Fsp3) is 0.227. The minimum atomic E-state index is -0.585. The van der Waals surface area contributed by atoms with Crippen molar-refractivity contribution in [3.63, 3.8) is 0 Å². The number of benzene rings is 2. The van der Waals surface area contributed by atoms with Gasteiger partial charge in [-0.05, 0) is 48.0 Å². The molecule has 2 amide bonds. The molecule has 0 fully saturated rings. The third-order valence-electron chi connectivity index (χ3n) is 4.16. The average molecular weight is 409 g/mol. The third-order valence-corrected chi connectivity index (χ3v) is 4.16. The maximum atomic E-state index is 12.5. The SMILES string of the molecule is COc1cc(/C=C(\C#N)C(=O)Nc2ccc(C(=O)N(C)C)cc2)cc(OC)c1OC. The summed E-state index contributed by atoms with van der Waals surface area (Å²) in [6.45, 7) is 0.